The smallest absolute Gasteiger partial charge is 0.228 e. The van der Waals surface area contributed by atoms with Gasteiger partial charge in [-0.3, -0.25) is 4.79 Å². The van der Waals surface area contributed by atoms with Crippen molar-refractivity contribution in [3.8, 4) is 0 Å². The van der Waals surface area contributed by atoms with Crippen molar-refractivity contribution >= 4 is 11.6 Å². The summed E-state index contributed by atoms with van der Waals surface area (Å²) in [6, 6.07) is 6.12. The molecule has 0 spiro atoms. The van der Waals surface area contributed by atoms with E-state index in [9.17, 15) is 4.79 Å². The highest BCUT2D eigenvalue weighted by molar-refractivity contribution is 5.93. The number of aromatic nitrogens is 2. The number of anilines is 1. The molecule has 0 saturated heterocycles. The number of benzene rings is 1. The molecular weight excluding hydrogens is 250 g/mol. The van der Waals surface area contributed by atoms with Crippen molar-refractivity contribution < 1.29 is 4.79 Å². The monoisotopic (exact) mass is 269 g/mol. The molecule has 0 unspecified atom stereocenters. The lowest BCUT2D eigenvalue weighted by Gasteiger charge is -2.23. The molecule has 1 atom stereocenters. The Kier molecular flexibility index (Phi) is 3.30. The molecule has 1 aliphatic heterocycles. The number of rotatable bonds is 2. The number of fused-ring (bicyclic) bond motifs is 1. The Morgan fingerprint density at radius 2 is 2.25 bits per heavy atom. The van der Waals surface area contributed by atoms with Crippen LogP contribution in [0.2, 0.25) is 0 Å². The van der Waals surface area contributed by atoms with E-state index in [1.165, 1.54) is 0 Å². The zero-order valence-corrected chi connectivity index (χ0v) is 11.9. The zero-order valence-electron chi connectivity index (χ0n) is 11.9. The molecule has 0 aliphatic carbocycles. The van der Waals surface area contributed by atoms with Crippen molar-refractivity contribution in [3.63, 3.8) is 0 Å². The number of nitrogens with zero attached hydrogens (tertiary/aromatic N) is 2. The topological polar surface area (TPSA) is 46.9 Å². The summed E-state index contributed by atoms with van der Waals surface area (Å²) in [6.07, 6.45) is 5.39. The van der Waals surface area contributed by atoms with Gasteiger partial charge in [-0.05, 0) is 37.5 Å². The molecule has 2 heterocycles. The van der Waals surface area contributed by atoms with Crippen LogP contribution in [0, 0.1) is 19.8 Å². The Hall–Kier alpha value is -2.10. The van der Waals surface area contributed by atoms with Crippen LogP contribution in [0.25, 0.3) is 0 Å². The number of imidazole rings is 1. The van der Waals surface area contributed by atoms with Gasteiger partial charge >= 0.3 is 0 Å². The van der Waals surface area contributed by atoms with Crippen LogP contribution in [-0.2, 0) is 17.8 Å². The summed E-state index contributed by atoms with van der Waals surface area (Å²) in [7, 11) is 0. The molecule has 1 aromatic carbocycles. The van der Waals surface area contributed by atoms with Gasteiger partial charge < -0.3 is 9.88 Å². The van der Waals surface area contributed by atoms with E-state index in [0.717, 1.165) is 42.0 Å². The van der Waals surface area contributed by atoms with E-state index in [-0.39, 0.29) is 11.8 Å². The standard InChI is InChI=1S/C16H19N3O/c1-11-3-4-12(2)14(9-11)18-16(20)13-5-7-19-8-6-17-15(19)10-13/h3-4,6,8-9,13H,5,7,10H2,1-2H3,(H,18,20)/t13-/m0/s1. The zero-order chi connectivity index (χ0) is 14.1. The first kappa shape index (κ1) is 12.9. The third-order valence-electron chi connectivity index (χ3n) is 3.97. The van der Waals surface area contributed by atoms with Crippen molar-refractivity contribution in [1.82, 2.24) is 9.55 Å². The molecule has 20 heavy (non-hydrogen) atoms. The molecular formula is C16H19N3O. The lowest BCUT2D eigenvalue weighted by Crippen LogP contribution is -2.30. The first-order valence-corrected chi connectivity index (χ1v) is 7.01. The van der Waals surface area contributed by atoms with E-state index < -0.39 is 0 Å². The molecule has 0 saturated carbocycles. The largest absolute Gasteiger partial charge is 0.335 e. The number of carbonyl (C=O) groups is 1. The van der Waals surface area contributed by atoms with E-state index in [1.807, 2.05) is 32.2 Å². The molecule has 0 bridgehead atoms. The molecule has 4 heteroatoms. The van der Waals surface area contributed by atoms with E-state index in [0.29, 0.717) is 0 Å². The van der Waals surface area contributed by atoms with Crippen LogP contribution in [0.1, 0.15) is 23.4 Å². The van der Waals surface area contributed by atoms with Crippen molar-refractivity contribution in [3.05, 3.63) is 47.5 Å². The minimum absolute atomic E-state index is 0.0183. The molecule has 1 N–H and O–H groups in total. The van der Waals surface area contributed by atoms with E-state index >= 15 is 0 Å². The highest BCUT2D eigenvalue weighted by Gasteiger charge is 2.25. The molecule has 104 valence electrons. The molecule has 0 fully saturated rings. The summed E-state index contributed by atoms with van der Waals surface area (Å²) in [4.78, 5) is 16.7. The summed E-state index contributed by atoms with van der Waals surface area (Å²) in [5.41, 5.74) is 3.18. The van der Waals surface area contributed by atoms with Gasteiger partial charge in [0, 0.05) is 37.0 Å². The van der Waals surface area contributed by atoms with Crippen molar-refractivity contribution in [2.75, 3.05) is 5.32 Å². The minimum Gasteiger partial charge on any atom is -0.335 e. The normalized spacial score (nSPS) is 17.6. The number of hydrogen-bond donors (Lipinski definition) is 1. The van der Waals surface area contributed by atoms with Gasteiger partial charge in [0.1, 0.15) is 5.82 Å². The maximum Gasteiger partial charge on any atom is 0.228 e. The number of amides is 1. The van der Waals surface area contributed by atoms with Gasteiger partial charge in [0.15, 0.2) is 0 Å². The van der Waals surface area contributed by atoms with E-state index in [2.05, 4.69) is 20.9 Å². The maximum absolute atomic E-state index is 12.4. The van der Waals surface area contributed by atoms with Gasteiger partial charge in [-0.2, -0.15) is 0 Å². The van der Waals surface area contributed by atoms with E-state index in [4.69, 9.17) is 0 Å². The van der Waals surface area contributed by atoms with Crippen molar-refractivity contribution in [2.45, 2.75) is 33.2 Å². The number of nitrogens with one attached hydrogen (secondary N) is 1. The maximum atomic E-state index is 12.4. The highest BCUT2D eigenvalue weighted by atomic mass is 16.1. The Labute approximate surface area is 118 Å². The van der Waals surface area contributed by atoms with Crippen LogP contribution in [0.3, 0.4) is 0 Å². The second kappa shape index (κ2) is 5.12. The molecule has 2 aromatic rings. The van der Waals surface area contributed by atoms with Crippen LogP contribution in [0.5, 0.6) is 0 Å². The van der Waals surface area contributed by atoms with Gasteiger partial charge in [0.05, 0.1) is 0 Å². The number of hydrogen-bond acceptors (Lipinski definition) is 2. The SMILES string of the molecule is Cc1ccc(C)c(NC(=O)[C@H]2CCn3ccnc3C2)c1. The van der Waals surface area contributed by atoms with Gasteiger partial charge in [-0.1, -0.05) is 12.1 Å². The number of aryl methyl sites for hydroxylation is 3. The molecule has 0 radical (unpaired) electrons. The Morgan fingerprint density at radius 1 is 1.40 bits per heavy atom. The third-order valence-corrected chi connectivity index (χ3v) is 3.97. The first-order chi connectivity index (χ1) is 9.63. The average molecular weight is 269 g/mol. The van der Waals surface area contributed by atoms with Crippen LogP contribution in [0.15, 0.2) is 30.6 Å². The second-order valence-corrected chi connectivity index (χ2v) is 5.53. The highest BCUT2D eigenvalue weighted by Crippen LogP contribution is 2.22. The Morgan fingerprint density at radius 3 is 3.10 bits per heavy atom. The quantitative estimate of drug-likeness (QED) is 0.911. The van der Waals surface area contributed by atoms with Gasteiger partial charge in [0.25, 0.3) is 0 Å². The van der Waals surface area contributed by atoms with Gasteiger partial charge in [-0.25, -0.2) is 4.98 Å². The predicted molar refractivity (Wildman–Crippen MR) is 78.6 cm³/mol. The summed E-state index contributed by atoms with van der Waals surface area (Å²) in [5, 5.41) is 3.07. The Bertz CT molecular complexity index is 645. The predicted octanol–water partition coefficient (Wildman–Crippen LogP) is 2.70. The lowest BCUT2D eigenvalue weighted by atomic mass is 9.96. The van der Waals surface area contributed by atoms with E-state index in [1.54, 1.807) is 6.20 Å². The van der Waals surface area contributed by atoms with Gasteiger partial charge in [0.2, 0.25) is 5.91 Å². The molecule has 3 rings (SSSR count). The first-order valence-electron chi connectivity index (χ1n) is 7.01. The molecule has 1 amide bonds. The Balaban J connectivity index is 1.73. The van der Waals surface area contributed by atoms with Crippen LogP contribution >= 0.6 is 0 Å². The fourth-order valence-electron chi connectivity index (χ4n) is 2.68. The molecule has 4 nitrogen and oxygen atoms in total. The summed E-state index contributed by atoms with van der Waals surface area (Å²) >= 11 is 0. The fraction of sp³-hybridized carbons (Fsp3) is 0.375. The average Bonchev–Trinajstić information content (AvgIpc) is 2.90. The van der Waals surface area contributed by atoms with Crippen LogP contribution in [-0.4, -0.2) is 15.5 Å². The number of carbonyl (C=O) groups excluding carboxylic acids is 1. The van der Waals surface area contributed by atoms with Crippen molar-refractivity contribution in [2.24, 2.45) is 5.92 Å². The van der Waals surface area contributed by atoms with Gasteiger partial charge in [-0.15, -0.1) is 0 Å². The second-order valence-electron chi connectivity index (χ2n) is 5.53. The summed E-state index contributed by atoms with van der Waals surface area (Å²) in [5.74, 6) is 1.13. The summed E-state index contributed by atoms with van der Waals surface area (Å²) in [6.45, 7) is 4.93. The third kappa shape index (κ3) is 2.46. The molecule has 1 aromatic heterocycles. The van der Waals surface area contributed by atoms with Crippen LogP contribution in [0.4, 0.5) is 5.69 Å². The minimum atomic E-state index is 0.0183. The van der Waals surface area contributed by atoms with Crippen molar-refractivity contribution in [1.29, 1.82) is 0 Å². The molecule has 1 aliphatic rings. The lowest BCUT2D eigenvalue weighted by molar-refractivity contribution is -0.120. The fourth-order valence-corrected chi connectivity index (χ4v) is 2.68. The van der Waals surface area contributed by atoms with Crippen LogP contribution < -0.4 is 5.32 Å². The summed E-state index contributed by atoms with van der Waals surface area (Å²) < 4.78 is 2.13.